The quantitative estimate of drug-likeness (QED) is 0.899. The van der Waals surface area contributed by atoms with Crippen LogP contribution in [-0.4, -0.2) is 12.0 Å². The lowest BCUT2D eigenvalue weighted by molar-refractivity contribution is 0.688. The van der Waals surface area contributed by atoms with Crippen molar-refractivity contribution in [1.29, 1.82) is 0 Å². The van der Waals surface area contributed by atoms with E-state index in [1.54, 1.807) is 6.20 Å². The van der Waals surface area contributed by atoms with Crippen molar-refractivity contribution >= 4 is 11.6 Å². The first-order chi connectivity index (χ1) is 8.22. The van der Waals surface area contributed by atoms with Gasteiger partial charge in [-0.15, -0.1) is 0 Å². The molecule has 0 aliphatic heterocycles. The van der Waals surface area contributed by atoms with E-state index < -0.39 is 0 Å². The molecule has 1 heterocycles. The van der Waals surface area contributed by atoms with Crippen LogP contribution in [0.25, 0.3) is 0 Å². The number of benzene rings is 1. The van der Waals surface area contributed by atoms with Crippen LogP contribution in [0.15, 0.2) is 42.7 Å². The summed E-state index contributed by atoms with van der Waals surface area (Å²) in [4.78, 5) is 4.15. The fraction of sp³-hybridized carbons (Fsp3) is 0.214. The minimum Gasteiger partial charge on any atom is -0.309 e. The first kappa shape index (κ1) is 12.1. The molecule has 2 aromatic rings. The number of aromatic nitrogens is 1. The van der Waals surface area contributed by atoms with Crippen LogP contribution >= 0.6 is 11.6 Å². The first-order valence-electron chi connectivity index (χ1n) is 5.55. The largest absolute Gasteiger partial charge is 0.309 e. The van der Waals surface area contributed by atoms with Crippen LogP contribution in [0.1, 0.15) is 22.7 Å². The molecule has 0 radical (unpaired) electrons. The summed E-state index contributed by atoms with van der Waals surface area (Å²) >= 11 is 6.04. The van der Waals surface area contributed by atoms with Crippen LogP contribution in [-0.2, 0) is 0 Å². The van der Waals surface area contributed by atoms with Gasteiger partial charge in [0.1, 0.15) is 0 Å². The molecule has 0 fully saturated rings. The molecule has 0 bridgehead atoms. The molecule has 88 valence electrons. The van der Waals surface area contributed by atoms with Crippen molar-refractivity contribution in [2.24, 2.45) is 0 Å². The van der Waals surface area contributed by atoms with Crippen molar-refractivity contribution < 1.29 is 0 Å². The summed E-state index contributed by atoms with van der Waals surface area (Å²) in [6.07, 6.45) is 3.66. The van der Waals surface area contributed by atoms with Crippen LogP contribution in [0, 0.1) is 6.92 Å². The molecule has 1 atom stereocenters. The zero-order valence-corrected chi connectivity index (χ0v) is 10.7. The first-order valence-corrected chi connectivity index (χ1v) is 5.93. The van der Waals surface area contributed by atoms with Gasteiger partial charge in [-0.1, -0.05) is 29.8 Å². The highest BCUT2D eigenvalue weighted by molar-refractivity contribution is 6.31. The highest BCUT2D eigenvalue weighted by Gasteiger charge is 2.12. The van der Waals surface area contributed by atoms with Crippen LogP contribution in [0.5, 0.6) is 0 Å². The fourth-order valence-corrected chi connectivity index (χ4v) is 2.04. The van der Waals surface area contributed by atoms with Gasteiger partial charge in [0.25, 0.3) is 0 Å². The van der Waals surface area contributed by atoms with Gasteiger partial charge in [-0.2, -0.15) is 0 Å². The maximum Gasteiger partial charge on any atom is 0.0589 e. The second kappa shape index (κ2) is 5.30. The number of nitrogens with one attached hydrogen (secondary N) is 1. The molecule has 0 aliphatic carbocycles. The molecule has 1 aromatic carbocycles. The third-order valence-electron chi connectivity index (χ3n) is 2.82. The molecule has 0 saturated heterocycles. The highest BCUT2D eigenvalue weighted by Crippen LogP contribution is 2.24. The second-order valence-corrected chi connectivity index (χ2v) is 4.42. The maximum absolute atomic E-state index is 6.04. The van der Waals surface area contributed by atoms with Gasteiger partial charge in [0.05, 0.1) is 6.04 Å². The molecule has 0 aliphatic rings. The van der Waals surface area contributed by atoms with Crippen molar-refractivity contribution in [3.8, 4) is 0 Å². The Balaban J connectivity index is 2.39. The topological polar surface area (TPSA) is 24.9 Å². The van der Waals surface area contributed by atoms with E-state index in [0.29, 0.717) is 0 Å². The standard InChI is InChI=1S/C14H15ClN2/c1-10-8-11(5-6-13(10)15)14(16-2)12-4-3-7-17-9-12/h3-9,14,16H,1-2H3. The van der Waals surface area contributed by atoms with E-state index >= 15 is 0 Å². The van der Waals surface area contributed by atoms with Gasteiger partial charge in [0.2, 0.25) is 0 Å². The molecule has 0 saturated carbocycles. The summed E-state index contributed by atoms with van der Waals surface area (Å²) in [5.41, 5.74) is 3.44. The highest BCUT2D eigenvalue weighted by atomic mass is 35.5. The van der Waals surface area contributed by atoms with Crippen LogP contribution in [0.2, 0.25) is 5.02 Å². The third kappa shape index (κ3) is 2.65. The minimum atomic E-state index is 0.152. The predicted molar refractivity (Wildman–Crippen MR) is 71.3 cm³/mol. The number of hydrogen-bond acceptors (Lipinski definition) is 2. The van der Waals surface area contributed by atoms with E-state index in [1.807, 2.05) is 38.4 Å². The number of hydrogen-bond donors (Lipinski definition) is 1. The summed E-state index contributed by atoms with van der Waals surface area (Å²) in [6, 6.07) is 10.3. The lowest BCUT2D eigenvalue weighted by Crippen LogP contribution is -2.17. The molecule has 1 aromatic heterocycles. The van der Waals surface area contributed by atoms with E-state index in [4.69, 9.17) is 11.6 Å². The molecular formula is C14H15ClN2. The van der Waals surface area contributed by atoms with E-state index in [9.17, 15) is 0 Å². The monoisotopic (exact) mass is 246 g/mol. The molecule has 1 N–H and O–H groups in total. The molecule has 1 unspecified atom stereocenters. The van der Waals surface area contributed by atoms with Crippen LogP contribution in [0.4, 0.5) is 0 Å². The summed E-state index contributed by atoms with van der Waals surface area (Å²) in [6.45, 7) is 2.02. The van der Waals surface area contributed by atoms with E-state index in [-0.39, 0.29) is 6.04 Å². The molecule has 0 spiro atoms. The van der Waals surface area contributed by atoms with Crippen molar-refractivity contribution in [1.82, 2.24) is 10.3 Å². The number of aryl methyl sites for hydroxylation is 1. The van der Waals surface area contributed by atoms with Crippen molar-refractivity contribution in [3.05, 3.63) is 64.4 Å². The Labute approximate surface area is 107 Å². The van der Waals surface area contributed by atoms with Gasteiger partial charge in [0, 0.05) is 17.4 Å². The Morgan fingerprint density at radius 2 is 2.06 bits per heavy atom. The SMILES string of the molecule is CNC(c1cccnc1)c1ccc(Cl)c(C)c1. The molecule has 2 rings (SSSR count). The van der Waals surface area contributed by atoms with E-state index in [0.717, 1.165) is 16.1 Å². The van der Waals surface area contributed by atoms with Gasteiger partial charge in [-0.3, -0.25) is 4.98 Å². The third-order valence-corrected chi connectivity index (χ3v) is 3.25. The Hall–Kier alpha value is -1.38. The molecule has 0 amide bonds. The maximum atomic E-state index is 6.04. The number of nitrogens with zero attached hydrogens (tertiary/aromatic N) is 1. The summed E-state index contributed by atoms with van der Waals surface area (Å²) < 4.78 is 0. The van der Waals surface area contributed by atoms with Gasteiger partial charge in [-0.25, -0.2) is 0 Å². The molecular weight excluding hydrogens is 232 g/mol. The van der Waals surface area contributed by atoms with Crippen molar-refractivity contribution in [2.75, 3.05) is 7.05 Å². The van der Waals surface area contributed by atoms with E-state index in [2.05, 4.69) is 22.4 Å². The Morgan fingerprint density at radius 1 is 1.24 bits per heavy atom. The second-order valence-electron chi connectivity index (χ2n) is 4.02. The van der Waals surface area contributed by atoms with Gasteiger partial charge in [0.15, 0.2) is 0 Å². The van der Waals surface area contributed by atoms with Crippen molar-refractivity contribution in [2.45, 2.75) is 13.0 Å². The molecule has 2 nitrogen and oxygen atoms in total. The zero-order chi connectivity index (χ0) is 12.3. The van der Waals surface area contributed by atoms with Gasteiger partial charge in [-0.05, 0) is 42.8 Å². The van der Waals surface area contributed by atoms with E-state index in [1.165, 1.54) is 5.56 Å². The smallest absolute Gasteiger partial charge is 0.0589 e. The average molecular weight is 247 g/mol. The number of rotatable bonds is 3. The fourth-order valence-electron chi connectivity index (χ4n) is 1.92. The Bertz CT molecular complexity index is 497. The average Bonchev–Trinajstić information content (AvgIpc) is 2.36. The van der Waals surface area contributed by atoms with Crippen LogP contribution in [0.3, 0.4) is 0 Å². The zero-order valence-electron chi connectivity index (χ0n) is 9.94. The lowest BCUT2D eigenvalue weighted by Gasteiger charge is -2.17. The van der Waals surface area contributed by atoms with Crippen molar-refractivity contribution in [3.63, 3.8) is 0 Å². The Kier molecular flexibility index (Phi) is 3.77. The minimum absolute atomic E-state index is 0.152. The van der Waals surface area contributed by atoms with Crippen LogP contribution < -0.4 is 5.32 Å². The predicted octanol–water partition coefficient (Wildman–Crippen LogP) is 3.35. The number of pyridine rings is 1. The molecule has 3 heteroatoms. The summed E-state index contributed by atoms with van der Waals surface area (Å²) in [5.74, 6) is 0. The lowest BCUT2D eigenvalue weighted by atomic mass is 9.99. The Morgan fingerprint density at radius 3 is 2.65 bits per heavy atom. The number of halogens is 1. The normalized spacial score (nSPS) is 12.4. The molecule has 17 heavy (non-hydrogen) atoms. The van der Waals surface area contributed by atoms with Gasteiger partial charge < -0.3 is 5.32 Å². The summed E-state index contributed by atoms with van der Waals surface area (Å²) in [7, 11) is 1.95. The summed E-state index contributed by atoms with van der Waals surface area (Å²) in [5, 5.41) is 4.10. The van der Waals surface area contributed by atoms with Gasteiger partial charge >= 0.3 is 0 Å².